The van der Waals surface area contributed by atoms with Crippen LogP contribution in [0.4, 0.5) is 5.13 Å². The molecule has 0 radical (unpaired) electrons. The second-order valence-electron chi connectivity index (χ2n) is 5.86. The third-order valence-corrected chi connectivity index (χ3v) is 4.84. The van der Waals surface area contributed by atoms with Gasteiger partial charge in [-0.2, -0.15) is 0 Å². The van der Waals surface area contributed by atoms with Gasteiger partial charge in [-0.3, -0.25) is 9.69 Å². The lowest BCUT2D eigenvalue weighted by Gasteiger charge is -2.29. The van der Waals surface area contributed by atoms with Crippen molar-refractivity contribution in [2.24, 2.45) is 0 Å². The number of thiazole rings is 1. The molecule has 25 heavy (non-hydrogen) atoms. The van der Waals surface area contributed by atoms with Gasteiger partial charge in [-0.1, -0.05) is 0 Å². The van der Waals surface area contributed by atoms with E-state index in [2.05, 4.69) is 25.4 Å². The monoisotopic (exact) mass is 359 g/mol. The first-order valence-electron chi connectivity index (χ1n) is 8.07. The van der Waals surface area contributed by atoms with Crippen LogP contribution in [0.3, 0.4) is 0 Å². The predicted octanol–water partition coefficient (Wildman–Crippen LogP) is 2.60. The lowest BCUT2D eigenvalue weighted by Crippen LogP contribution is -2.38. The second-order valence-corrected chi connectivity index (χ2v) is 6.75. The molecule has 0 aromatic carbocycles. The highest BCUT2D eigenvalue weighted by Gasteiger charge is 2.26. The zero-order chi connectivity index (χ0) is 17.1. The van der Waals surface area contributed by atoms with Crippen LogP contribution in [-0.2, 0) is 4.79 Å². The molecule has 1 amide bonds. The molecule has 1 saturated heterocycles. The fourth-order valence-electron chi connectivity index (χ4n) is 2.88. The highest BCUT2D eigenvalue weighted by molar-refractivity contribution is 7.13. The molecule has 4 heterocycles. The molecule has 0 atom stereocenters. The summed E-state index contributed by atoms with van der Waals surface area (Å²) in [5.41, 5.74) is 0. The Kier molecular flexibility index (Phi) is 4.57. The fraction of sp³-hybridized carbons (Fsp3) is 0.375. The molecule has 8 nitrogen and oxygen atoms in total. The minimum absolute atomic E-state index is 0.0358. The van der Waals surface area contributed by atoms with Crippen LogP contribution in [0.5, 0.6) is 0 Å². The number of nitrogens with zero attached hydrogens (tertiary/aromatic N) is 4. The number of nitrogens with one attached hydrogen (secondary N) is 1. The van der Waals surface area contributed by atoms with Gasteiger partial charge in [0.1, 0.15) is 0 Å². The number of carbonyl (C=O) groups excluding carboxylic acids is 1. The number of rotatable bonds is 5. The van der Waals surface area contributed by atoms with E-state index in [9.17, 15) is 4.79 Å². The van der Waals surface area contributed by atoms with Crippen LogP contribution < -0.4 is 5.32 Å². The van der Waals surface area contributed by atoms with Crippen molar-refractivity contribution in [2.45, 2.75) is 18.8 Å². The maximum absolute atomic E-state index is 12.0. The summed E-state index contributed by atoms with van der Waals surface area (Å²) in [5.74, 6) is 1.80. The Hall–Kier alpha value is -2.52. The van der Waals surface area contributed by atoms with Crippen LogP contribution in [-0.4, -0.2) is 45.6 Å². The number of hydrogen-bond acceptors (Lipinski definition) is 8. The molecule has 4 rings (SSSR count). The molecular formula is C16H17N5O3S. The first-order chi connectivity index (χ1) is 12.3. The van der Waals surface area contributed by atoms with Crippen LogP contribution in [0.15, 0.2) is 38.8 Å². The van der Waals surface area contributed by atoms with Gasteiger partial charge in [0, 0.05) is 17.5 Å². The van der Waals surface area contributed by atoms with Gasteiger partial charge < -0.3 is 14.2 Å². The summed E-state index contributed by atoms with van der Waals surface area (Å²) in [5, 5.41) is 13.5. The highest BCUT2D eigenvalue weighted by Crippen LogP contribution is 2.29. The molecule has 0 unspecified atom stereocenters. The van der Waals surface area contributed by atoms with E-state index in [0.29, 0.717) is 29.2 Å². The van der Waals surface area contributed by atoms with Gasteiger partial charge >= 0.3 is 0 Å². The van der Waals surface area contributed by atoms with E-state index in [0.717, 1.165) is 25.9 Å². The molecule has 130 valence electrons. The standard InChI is InChI=1S/C16H17N5O3S/c22-13(18-16-17-5-9-25-16)10-21-6-3-11(4-7-21)14-19-20-15(24-14)12-2-1-8-23-12/h1-2,5,8-9,11H,3-4,6-7,10H2,(H,17,18,22). The molecule has 0 aliphatic carbocycles. The number of likely N-dealkylation sites (tertiary alicyclic amines) is 1. The maximum atomic E-state index is 12.0. The molecule has 0 saturated carbocycles. The van der Waals surface area contributed by atoms with E-state index < -0.39 is 0 Å². The number of carbonyl (C=O) groups is 1. The average Bonchev–Trinajstić information content (AvgIpc) is 3.37. The number of amides is 1. The second kappa shape index (κ2) is 7.16. The summed E-state index contributed by atoms with van der Waals surface area (Å²) in [4.78, 5) is 18.2. The van der Waals surface area contributed by atoms with Gasteiger partial charge in [0.05, 0.1) is 12.8 Å². The third kappa shape index (κ3) is 3.77. The SMILES string of the molecule is O=C(CN1CCC(c2nnc(-c3ccco3)o2)CC1)Nc1nccs1. The molecule has 0 bridgehead atoms. The van der Waals surface area contributed by atoms with Gasteiger partial charge in [0.2, 0.25) is 11.8 Å². The van der Waals surface area contributed by atoms with Gasteiger partial charge in [0.15, 0.2) is 10.9 Å². The zero-order valence-corrected chi connectivity index (χ0v) is 14.2. The third-order valence-electron chi connectivity index (χ3n) is 4.16. The summed E-state index contributed by atoms with van der Waals surface area (Å²) in [6.07, 6.45) is 5.01. The molecule has 0 spiro atoms. The lowest BCUT2D eigenvalue weighted by atomic mass is 9.97. The van der Waals surface area contributed by atoms with E-state index in [4.69, 9.17) is 8.83 Å². The van der Waals surface area contributed by atoms with Gasteiger partial charge in [-0.25, -0.2) is 4.98 Å². The van der Waals surface area contributed by atoms with Crippen LogP contribution in [0, 0.1) is 0 Å². The smallest absolute Gasteiger partial charge is 0.283 e. The topological polar surface area (TPSA) is 97.3 Å². The van der Waals surface area contributed by atoms with Crippen LogP contribution in [0.1, 0.15) is 24.7 Å². The van der Waals surface area contributed by atoms with Gasteiger partial charge in [-0.15, -0.1) is 21.5 Å². The van der Waals surface area contributed by atoms with Gasteiger partial charge in [0.25, 0.3) is 5.89 Å². The van der Waals surface area contributed by atoms with Crippen LogP contribution in [0.2, 0.25) is 0 Å². The van der Waals surface area contributed by atoms with E-state index in [1.807, 2.05) is 5.38 Å². The summed E-state index contributed by atoms with van der Waals surface area (Å²) in [6.45, 7) is 2.00. The Morgan fingerprint density at radius 2 is 2.24 bits per heavy atom. The van der Waals surface area contributed by atoms with E-state index in [1.54, 1.807) is 24.6 Å². The Morgan fingerprint density at radius 3 is 2.96 bits per heavy atom. The van der Waals surface area contributed by atoms with Crippen molar-refractivity contribution in [3.8, 4) is 11.7 Å². The molecule has 1 aliphatic rings. The van der Waals surface area contributed by atoms with Crippen molar-refractivity contribution in [3.05, 3.63) is 35.9 Å². The number of piperidine rings is 1. The molecule has 9 heteroatoms. The van der Waals surface area contributed by atoms with Crippen LogP contribution in [0.25, 0.3) is 11.7 Å². The lowest BCUT2D eigenvalue weighted by molar-refractivity contribution is -0.117. The van der Waals surface area contributed by atoms with E-state index >= 15 is 0 Å². The summed E-state index contributed by atoms with van der Waals surface area (Å²) >= 11 is 1.42. The largest absolute Gasteiger partial charge is 0.459 e. The molecule has 3 aromatic rings. The molecular weight excluding hydrogens is 342 g/mol. The van der Waals surface area contributed by atoms with Crippen molar-refractivity contribution in [3.63, 3.8) is 0 Å². The molecule has 1 N–H and O–H groups in total. The Morgan fingerprint density at radius 1 is 1.36 bits per heavy atom. The fourth-order valence-corrected chi connectivity index (χ4v) is 3.43. The van der Waals surface area contributed by atoms with E-state index in [-0.39, 0.29) is 11.8 Å². The highest BCUT2D eigenvalue weighted by atomic mass is 32.1. The minimum Gasteiger partial charge on any atom is -0.459 e. The summed E-state index contributed by atoms with van der Waals surface area (Å²) in [6, 6.07) is 3.58. The first kappa shape index (κ1) is 16.0. The summed E-state index contributed by atoms with van der Waals surface area (Å²) < 4.78 is 11.0. The van der Waals surface area contributed by atoms with Crippen molar-refractivity contribution in [1.29, 1.82) is 0 Å². The van der Waals surface area contributed by atoms with Crippen molar-refractivity contribution < 1.29 is 13.6 Å². The first-order valence-corrected chi connectivity index (χ1v) is 8.95. The van der Waals surface area contributed by atoms with E-state index in [1.165, 1.54) is 11.3 Å². The van der Waals surface area contributed by atoms with Crippen molar-refractivity contribution in [1.82, 2.24) is 20.1 Å². The molecule has 1 fully saturated rings. The van der Waals surface area contributed by atoms with Crippen molar-refractivity contribution in [2.75, 3.05) is 25.0 Å². The number of anilines is 1. The Balaban J connectivity index is 1.29. The minimum atomic E-state index is -0.0358. The quantitative estimate of drug-likeness (QED) is 0.748. The number of hydrogen-bond donors (Lipinski definition) is 1. The molecule has 1 aliphatic heterocycles. The Labute approximate surface area is 147 Å². The van der Waals surface area contributed by atoms with Gasteiger partial charge in [-0.05, 0) is 38.1 Å². The normalized spacial score (nSPS) is 16.2. The van der Waals surface area contributed by atoms with Crippen LogP contribution >= 0.6 is 11.3 Å². The zero-order valence-electron chi connectivity index (χ0n) is 13.4. The van der Waals surface area contributed by atoms with Crippen molar-refractivity contribution >= 4 is 22.4 Å². The number of aromatic nitrogens is 3. The summed E-state index contributed by atoms with van der Waals surface area (Å²) in [7, 11) is 0. The Bertz CT molecular complexity index is 807. The predicted molar refractivity (Wildman–Crippen MR) is 91.2 cm³/mol. The number of furan rings is 1. The maximum Gasteiger partial charge on any atom is 0.283 e. The molecule has 3 aromatic heterocycles. The average molecular weight is 359 g/mol.